The van der Waals surface area contributed by atoms with Crippen molar-refractivity contribution in [1.29, 1.82) is 0 Å². The van der Waals surface area contributed by atoms with Crippen LogP contribution < -0.4 is 4.74 Å². The molecule has 2 rings (SSSR count). The highest BCUT2D eigenvalue weighted by Gasteiger charge is 2.20. The van der Waals surface area contributed by atoms with Gasteiger partial charge in [0.2, 0.25) is 0 Å². The smallest absolute Gasteiger partial charge is 0.142 e. The average molecular weight is 285 g/mol. The van der Waals surface area contributed by atoms with E-state index in [9.17, 15) is 13.9 Å². The van der Waals surface area contributed by atoms with Gasteiger partial charge in [-0.1, -0.05) is 23.7 Å². The molecule has 2 nitrogen and oxygen atoms in total. The first-order chi connectivity index (χ1) is 9.04. The molecular weight excluding hydrogens is 274 g/mol. The average Bonchev–Trinajstić information content (AvgIpc) is 2.41. The van der Waals surface area contributed by atoms with Gasteiger partial charge in [0, 0.05) is 11.1 Å². The molecule has 0 aromatic heterocycles. The summed E-state index contributed by atoms with van der Waals surface area (Å²) in [5.74, 6) is -0.870. The first-order valence-electron chi connectivity index (χ1n) is 5.50. The molecule has 100 valence electrons. The molecule has 0 spiro atoms. The fourth-order valence-electron chi connectivity index (χ4n) is 1.82. The van der Waals surface area contributed by atoms with Gasteiger partial charge in [-0.15, -0.1) is 0 Å². The van der Waals surface area contributed by atoms with Crippen molar-refractivity contribution in [2.45, 2.75) is 6.10 Å². The molecule has 0 aliphatic carbocycles. The van der Waals surface area contributed by atoms with E-state index >= 15 is 0 Å². The van der Waals surface area contributed by atoms with Gasteiger partial charge in [0.05, 0.1) is 12.1 Å². The molecule has 0 aliphatic rings. The van der Waals surface area contributed by atoms with Crippen molar-refractivity contribution in [3.8, 4) is 5.75 Å². The minimum absolute atomic E-state index is 0.158. The summed E-state index contributed by atoms with van der Waals surface area (Å²) < 4.78 is 31.7. The van der Waals surface area contributed by atoms with E-state index in [0.29, 0.717) is 5.75 Å². The van der Waals surface area contributed by atoms with Crippen LogP contribution in [0.4, 0.5) is 8.78 Å². The van der Waals surface area contributed by atoms with Crippen LogP contribution in [-0.2, 0) is 0 Å². The number of rotatable bonds is 3. The van der Waals surface area contributed by atoms with Gasteiger partial charge in [-0.3, -0.25) is 0 Å². The second-order valence-corrected chi connectivity index (χ2v) is 4.31. The van der Waals surface area contributed by atoms with Gasteiger partial charge < -0.3 is 9.84 Å². The summed E-state index contributed by atoms with van der Waals surface area (Å²) in [4.78, 5) is 0. The Balaban J connectivity index is 2.52. The normalized spacial score (nSPS) is 12.3. The van der Waals surface area contributed by atoms with Crippen LogP contribution in [0.5, 0.6) is 5.75 Å². The van der Waals surface area contributed by atoms with E-state index in [1.165, 1.54) is 37.4 Å². The highest BCUT2D eigenvalue weighted by atomic mass is 35.5. The molecule has 0 radical (unpaired) electrons. The molecule has 19 heavy (non-hydrogen) atoms. The maximum Gasteiger partial charge on any atom is 0.142 e. The molecule has 0 saturated carbocycles. The zero-order valence-corrected chi connectivity index (χ0v) is 10.8. The molecular formula is C14H11ClF2O2. The summed E-state index contributed by atoms with van der Waals surface area (Å²) >= 11 is 5.80. The Morgan fingerprint density at radius 3 is 2.58 bits per heavy atom. The molecule has 0 aliphatic heterocycles. The van der Waals surface area contributed by atoms with Crippen LogP contribution in [0.1, 0.15) is 17.2 Å². The van der Waals surface area contributed by atoms with E-state index in [4.69, 9.17) is 16.3 Å². The van der Waals surface area contributed by atoms with Crippen LogP contribution in [0.15, 0.2) is 36.4 Å². The minimum atomic E-state index is -1.27. The SMILES string of the molecule is COc1ccc(F)cc1C(O)c1cccc(F)c1Cl. The van der Waals surface area contributed by atoms with Crippen molar-refractivity contribution in [2.24, 2.45) is 0 Å². The van der Waals surface area contributed by atoms with E-state index in [1.807, 2.05) is 0 Å². The summed E-state index contributed by atoms with van der Waals surface area (Å²) in [6, 6.07) is 7.81. The Kier molecular flexibility index (Phi) is 4.02. The molecule has 0 bridgehead atoms. The molecule has 0 fully saturated rings. The second kappa shape index (κ2) is 5.55. The molecule has 0 saturated heterocycles. The van der Waals surface area contributed by atoms with Gasteiger partial charge in [0.25, 0.3) is 0 Å². The number of benzene rings is 2. The second-order valence-electron chi connectivity index (χ2n) is 3.93. The number of ether oxygens (including phenoxy) is 1. The first-order valence-corrected chi connectivity index (χ1v) is 5.87. The van der Waals surface area contributed by atoms with Gasteiger partial charge in [-0.2, -0.15) is 0 Å². The van der Waals surface area contributed by atoms with Gasteiger partial charge in [-0.05, 0) is 24.3 Å². The third-order valence-electron chi connectivity index (χ3n) is 2.76. The summed E-state index contributed by atoms with van der Waals surface area (Å²) in [5, 5.41) is 10.0. The molecule has 1 atom stereocenters. The number of halogens is 3. The highest BCUT2D eigenvalue weighted by Crippen LogP contribution is 2.34. The van der Waals surface area contributed by atoms with Crippen LogP contribution in [0.2, 0.25) is 5.02 Å². The Labute approximate surface area is 114 Å². The Hall–Kier alpha value is -1.65. The largest absolute Gasteiger partial charge is 0.496 e. The lowest BCUT2D eigenvalue weighted by atomic mass is 10.0. The van der Waals surface area contributed by atoms with Crippen LogP contribution in [0.25, 0.3) is 0 Å². The van der Waals surface area contributed by atoms with Crippen LogP contribution in [0.3, 0.4) is 0 Å². The van der Waals surface area contributed by atoms with E-state index < -0.39 is 17.7 Å². The first kappa shape index (κ1) is 13.8. The van der Waals surface area contributed by atoms with Crippen molar-refractivity contribution in [3.63, 3.8) is 0 Å². The zero-order valence-electron chi connectivity index (χ0n) is 10.0. The van der Waals surface area contributed by atoms with Crippen molar-refractivity contribution >= 4 is 11.6 Å². The summed E-state index contributed by atoms with van der Waals surface area (Å²) in [6.45, 7) is 0. The Bertz CT molecular complexity index is 602. The molecule has 2 aromatic rings. The number of aliphatic hydroxyl groups excluding tert-OH is 1. The van der Waals surface area contributed by atoms with E-state index in [0.717, 1.165) is 6.07 Å². The van der Waals surface area contributed by atoms with Crippen LogP contribution in [0, 0.1) is 11.6 Å². The highest BCUT2D eigenvalue weighted by molar-refractivity contribution is 6.31. The third kappa shape index (κ3) is 2.69. The summed E-state index contributed by atoms with van der Waals surface area (Å²) in [5.41, 5.74) is 0.348. The zero-order chi connectivity index (χ0) is 14.0. The Morgan fingerprint density at radius 2 is 1.89 bits per heavy atom. The molecule has 1 N–H and O–H groups in total. The Morgan fingerprint density at radius 1 is 1.16 bits per heavy atom. The van der Waals surface area contributed by atoms with Crippen LogP contribution in [-0.4, -0.2) is 12.2 Å². The number of hydrogen-bond donors (Lipinski definition) is 1. The standard InChI is InChI=1S/C14H11ClF2O2/c1-19-12-6-5-8(16)7-10(12)14(18)9-3-2-4-11(17)13(9)15/h2-7,14,18H,1H3. The maximum atomic E-state index is 13.4. The predicted molar refractivity (Wildman–Crippen MR) is 68.4 cm³/mol. The van der Waals surface area contributed by atoms with E-state index in [1.54, 1.807) is 0 Å². The molecule has 0 heterocycles. The minimum Gasteiger partial charge on any atom is -0.496 e. The lowest BCUT2D eigenvalue weighted by Gasteiger charge is -2.16. The van der Waals surface area contributed by atoms with Crippen molar-refractivity contribution in [3.05, 3.63) is 64.2 Å². The number of methoxy groups -OCH3 is 1. The van der Waals surface area contributed by atoms with Crippen molar-refractivity contribution in [1.82, 2.24) is 0 Å². The van der Waals surface area contributed by atoms with Crippen LogP contribution >= 0.6 is 11.6 Å². The lowest BCUT2D eigenvalue weighted by molar-refractivity contribution is 0.213. The molecule has 5 heteroatoms. The van der Waals surface area contributed by atoms with E-state index in [2.05, 4.69) is 0 Å². The van der Waals surface area contributed by atoms with Crippen molar-refractivity contribution in [2.75, 3.05) is 7.11 Å². The lowest BCUT2D eigenvalue weighted by Crippen LogP contribution is -2.04. The fraction of sp³-hybridized carbons (Fsp3) is 0.143. The van der Waals surface area contributed by atoms with E-state index in [-0.39, 0.29) is 16.1 Å². The quantitative estimate of drug-likeness (QED) is 0.931. The summed E-state index contributed by atoms with van der Waals surface area (Å²) in [7, 11) is 1.40. The third-order valence-corrected chi connectivity index (χ3v) is 3.16. The molecule has 0 amide bonds. The topological polar surface area (TPSA) is 29.5 Å². The predicted octanol–water partition coefficient (Wildman–Crippen LogP) is 3.71. The molecule has 1 unspecified atom stereocenters. The molecule has 2 aromatic carbocycles. The van der Waals surface area contributed by atoms with Gasteiger partial charge in [-0.25, -0.2) is 8.78 Å². The van der Waals surface area contributed by atoms with Crippen molar-refractivity contribution < 1.29 is 18.6 Å². The van der Waals surface area contributed by atoms with Gasteiger partial charge >= 0.3 is 0 Å². The summed E-state index contributed by atoms with van der Waals surface area (Å²) in [6.07, 6.45) is -1.27. The maximum absolute atomic E-state index is 13.4. The number of hydrogen-bond acceptors (Lipinski definition) is 2. The monoisotopic (exact) mass is 284 g/mol. The van der Waals surface area contributed by atoms with Gasteiger partial charge in [0.1, 0.15) is 23.5 Å². The fourth-order valence-corrected chi connectivity index (χ4v) is 2.05. The number of aliphatic hydroxyl groups is 1. The van der Waals surface area contributed by atoms with Gasteiger partial charge in [0.15, 0.2) is 0 Å².